The van der Waals surface area contributed by atoms with Gasteiger partial charge in [-0.15, -0.1) is 0 Å². The average molecular weight is 325 g/mol. The average Bonchev–Trinajstić information content (AvgIpc) is 2.38. The van der Waals surface area contributed by atoms with Gasteiger partial charge in [-0.25, -0.2) is 9.18 Å². The van der Waals surface area contributed by atoms with Crippen LogP contribution in [-0.4, -0.2) is 11.1 Å². The van der Waals surface area contributed by atoms with Crippen LogP contribution in [-0.2, 0) is 6.61 Å². The molecule has 2 rings (SSSR count). The minimum absolute atomic E-state index is 0.204. The third kappa shape index (κ3) is 3.54. The topological polar surface area (TPSA) is 46.5 Å². The van der Waals surface area contributed by atoms with E-state index in [0.717, 1.165) is 5.56 Å². The molecule has 0 bridgehead atoms. The van der Waals surface area contributed by atoms with Gasteiger partial charge in [0, 0.05) is 10.0 Å². The highest BCUT2D eigenvalue weighted by Crippen LogP contribution is 2.20. The number of hydrogen-bond donors (Lipinski definition) is 1. The Morgan fingerprint density at radius 2 is 1.89 bits per heavy atom. The van der Waals surface area contributed by atoms with Gasteiger partial charge in [-0.1, -0.05) is 22.0 Å². The molecule has 0 saturated carbocycles. The highest BCUT2D eigenvalue weighted by atomic mass is 79.9. The molecule has 0 fully saturated rings. The minimum atomic E-state index is -0.979. The van der Waals surface area contributed by atoms with Crippen molar-refractivity contribution < 1.29 is 19.0 Å². The van der Waals surface area contributed by atoms with Crippen LogP contribution in [0.15, 0.2) is 46.9 Å². The maximum atomic E-state index is 12.9. The summed E-state index contributed by atoms with van der Waals surface area (Å²) in [5, 5.41) is 8.76. The zero-order valence-corrected chi connectivity index (χ0v) is 11.4. The van der Waals surface area contributed by atoms with Crippen LogP contribution in [0.4, 0.5) is 4.39 Å². The van der Waals surface area contributed by atoms with Crippen molar-refractivity contribution in [1.29, 1.82) is 0 Å². The predicted molar refractivity (Wildman–Crippen MR) is 71.8 cm³/mol. The molecule has 1 N–H and O–H groups in total. The Kier molecular flexibility index (Phi) is 4.16. The first kappa shape index (κ1) is 13.5. The van der Waals surface area contributed by atoms with E-state index in [-0.39, 0.29) is 18.0 Å². The van der Waals surface area contributed by atoms with Gasteiger partial charge < -0.3 is 9.84 Å². The van der Waals surface area contributed by atoms with Gasteiger partial charge in [0.05, 0.1) is 5.56 Å². The Morgan fingerprint density at radius 3 is 2.47 bits per heavy atom. The summed E-state index contributed by atoms with van der Waals surface area (Å²) in [5.41, 5.74) is 1.01. The number of benzene rings is 2. The molecule has 0 amide bonds. The van der Waals surface area contributed by atoms with E-state index in [1.807, 2.05) is 0 Å². The maximum Gasteiger partial charge on any atom is 0.335 e. The summed E-state index contributed by atoms with van der Waals surface area (Å²) in [4.78, 5) is 10.7. The number of ether oxygens (including phenoxy) is 1. The first-order valence-electron chi connectivity index (χ1n) is 5.46. The van der Waals surface area contributed by atoms with E-state index >= 15 is 0 Å². The monoisotopic (exact) mass is 324 g/mol. The lowest BCUT2D eigenvalue weighted by atomic mass is 10.2. The summed E-state index contributed by atoms with van der Waals surface area (Å²) in [6.45, 7) is 0.271. The Hall–Kier alpha value is -1.88. The van der Waals surface area contributed by atoms with Gasteiger partial charge in [0.15, 0.2) is 0 Å². The number of halogens is 2. The molecule has 5 heteroatoms. The smallest absolute Gasteiger partial charge is 0.335 e. The molecular weight excluding hydrogens is 315 g/mol. The molecule has 0 aromatic heterocycles. The zero-order chi connectivity index (χ0) is 13.8. The standard InChI is InChI=1S/C14H10BrFO3/c15-13-7-11(16)4-1-10(13)8-19-12-5-2-9(3-6-12)14(17)18/h1-7H,8H2,(H,17,18). The van der Waals surface area contributed by atoms with Crippen molar-refractivity contribution in [3.63, 3.8) is 0 Å². The van der Waals surface area contributed by atoms with Crippen LogP contribution in [0.3, 0.4) is 0 Å². The summed E-state index contributed by atoms with van der Waals surface area (Å²) in [6, 6.07) is 10.5. The number of hydrogen-bond acceptors (Lipinski definition) is 2. The van der Waals surface area contributed by atoms with Gasteiger partial charge in [0.2, 0.25) is 0 Å². The van der Waals surface area contributed by atoms with Crippen molar-refractivity contribution in [2.24, 2.45) is 0 Å². The van der Waals surface area contributed by atoms with Crippen molar-refractivity contribution in [3.05, 3.63) is 63.9 Å². The molecule has 0 saturated heterocycles. The van der Waals surface area contributed by atoms with E-state index in [0.29, 0.717) is 10.2 Å². The van der Waals surface area contributed by atoms with Crippen molar-refractivity contribution in [3.8, 4) is 5.75 Å². The molecule has 0 aliphatic heterocycles. The largest absolute Gasteiger partial charge is 0.489 e. The van der Waals surface area contributed by atoms with Crippen molar-refractivity contribution in [2.75, 3.05) is 0 Å². The van der Waals surface area contributed by atoms with Crippen LogP contribution in [0.2, 0.25) is 0 Å². The van der Waals surface area contributed by atoms with Crippen LogP contribution in [0.1, 0.15) is 15.9 Å². The Balaban J connectivity index is 2.04. The molecule has 2 aromatic carbocycles. The van der Waals surface area contributed by atoms with Crippen LogP contribution in [0, 0.1) is 5.82 Å². The quantitative estimate of drug-likeness (QED) is 0.928. The van der Waals surface area contributed by atoms with Crippen LogP contribution < -0.4 is 4.74 Å². The van der Waals surface area contributed by atoms with Gasteiger partial charge in [0.25, 0.3) is 0 Å². The minimum Gasteiger partial charge on any atom is -0.489 e. The highest BCUT2D eigenvalue weighted by Gasteiger charge is 2.04. The molecule has 19 heavy (non-hydrogen) atoms. The Bertz CT molecular complexity index is 596. The van der Waals surface area contributed by atoms with Gasteiger partial charge >= 0.3 is 5.97 Å². The second-order valence-electron chi connectivity index (χ2n) is 3.85. The molecule has 0 radical (unpaired) electrons. The fourth-order valence-electron chi connectivity index (χ4n) is 1.49. The number of carboxylic acid groups (broad SMARTS) is 1. The molecular formula is C14H10BrFO3. The molecule has 0 spiro atoms. The fourth-order valence-corrected chi connectivity index (χ4v) is 1.96. The number of rotatable bonds is 4. The molecule has 0 atom stereocenters. The summed E-state index contributed by atoms with van der Waals surface area (Å²) in [7, 11) is 0. The third-order valence-corrected chi connectivity index (χ3v) is 3.25. The molecule has 98 valence electrons. The third-order valence-electron chi connectivity index (χ3n) is 2.51. The van der Waals surface area contributed by atoms with E-state index in [1.54, 1.807) is 18.2 Å². The molecule has 0 aliphatic rings. The zero-order valence-electron chi connectivity index (χ0n) is 9.77. The summed E-state index contributed by atoms with van der Waals surface area (Å²) < 4.78 is 19.0. The van der Waals surface area contributed by atoms with E-state index in [2.05, 4.69) is 15.9 Å². The number of carboxylic acids is 1. The van der Waals surface area contributed by atoms with E-state index in [4.69, 9.17) is 9.84 Å². The van der Waals surface area contributed by atoms with Crippen LogP contribution in [0.5, 0.6) is 5.75 Å². The summed E-state index contributed by atoms with van der Waals surface area (Å²) in [6.07, 6.45) is 0. The number of carbonyl (C=O) groups is 1. The normalized spacial score (nSPS) is 10.2. The fraction of sp³-hybridized carbons (Fsp3) is 0.0714. The molecule has 2 aromatic rings. The highest BCUT2D eigenvalue weighted by molar-refractivity contribution is 9.10. The Morgan fingerprint density at radius 1 is 1.21 bits per heavy atom. The lowest BCUT2D eigenvalue weighted by Crippen LogP contribution is -1.99. The van der Waals surface area contributed by atoms with Crippen LogP contribution in [0.25, 0.3) is 0 Å². The van der Waals surface area contributed by atoms with E-state index < -0.39 is 5.97 Å². The molecule has 0 heterocycles. The van der Waals surface area contributed by atoms with Crippen molar-refractivity contribution in [2.45, 2.75) is 6.61 Å². The van der Waals surface area contributed by atoms with E-state index in [9.17, 15) is 9.18 Å². The van der Waals surface area contributed by atoms with E-state index in [1.165, 1.54) is 24.3 Å². The van der Waals surface area contributed by atoms with Gasteiger partial charge in [0.1, 0.15) is 18.2 Å². The maximum absolute atomic E-state index is 12.9. The molecule has 3 nitrogen and oxygen atoms in total. The summed E-state index contributed by atoms with van der Waals surface area (Å²) in [5.74, 6) is -0.740. The molecule has 0 aliphatic carbocycles. The Labute approximate surface area is 117 Å². The van der Waals surface area contributed by atoms with Crippen molar-refractivity contribution in [1.82, 2.24) is 0 Å². The lowest BCUT2D eigenvalue weighted by Gasteiger charge is -2.08. The van der Waals surface area contributed by atoms with Gasteiger partial charge in [-0.3, -0.25) is 0 Å². The summed E-state index contributed by atoms with van der Waals surface area (Å²) >= 11 is 3.25. The first-order valence-corrected chi connectivity index (χ1v) is 6.25. The van der Waals surface area contributed by atoms with Gasteiger partial charge in [-0.05, 0) is 36.4 Å². The lowest BCUT2D eigenvalue weighted by molar-refractivity contribution is 0.0697. The SMILES string of the molecule is O=C(O)c1ccc(OCc2ccc(F)cc2Br)cc1. The number of aromatic carboxylic acids is 1. The van der Waals surface area contributed by atoms with Gasteiger partial charge in [-0.2, -0.15) is 0 Å². The second-order valence-corrected chi connectivity index (χ2v) is 4.71. The van der Waals surface area contributed by atoms with Crippen LogP contribution >= 0.6 is 15.9 Å². The predicted octanol–water partition coefficient (Wildman–Crippen LogP) is 3.87. The second kappa shape index (κ2) is 5.84. The van der Waals surface area contributed by atoms with Crippen molar-refractivity contribution >= 4 is 21.9 Å². The first-order chi connectivity index (χ1) is 9.06. The molecule has 0 unspecified atom stereocenters.